The zero-order valence-electron chi connectivity index (χ0n) is 13.6. The Labute approximate surface area is 140 Å². The molecule has 0 bridgehead atoms. The molecule has 1 aliphatic carbocycles. The van der Waals surface area contributed by atoms with E-state index in [2.05, 4.69) is 0 Å². The third-order valence-electron chi connectivity index (χ3n) is 4.64. The average Bonchev–Trinajstić information content (AvgIpc) is 2.59. The van der Waals surface area contributed by atoms with E-state index >= 15 is 0 Å². The molecule has 2 heteroatoms. The Kier molecular flexibility index (Phi) is 3.20. The van der Waals surface area contributed by atoms with Crippen LogP contribution in [0.4, 0.5) is 0 Å². The second-order valence-electron chi connectivity index (χ2n) is 6.25. The van der Waals surface area contributed by atoms with Gasteiger partial charge in [0, 0.05) is 22.3 Å². The van der Waals surface area contributed by atoms with E-state index in [1.165, 1.54) is 0 Å². The lowest BCUT2D eigenvalue weighted by molar-refractivity contribution is 0.0979. The molecule has 0 spiro atoms. The fraction of sp³-hybridized carbons (Fsp3) is 0.0909. The summed E-state index contributed by atoms with van der Waals surface area (Å²) in [7, 11) is 0. The fourth-order valence-electron chi connectivity index (χ4n) is 3.39. The molecule has 0 aromatic heterocycles. The molecule has 0 saturated heterocycles. The predicted octanol–water partition coefficient (Wildman–Crippen LogP) is 4.75. The minimum absolute atomic E-state index is 0.0633. The largest absolute Gasteiger partial charge is 0.289 e. The van der Waals surface area contributed by atoms with Gasteiger partial charge in [-0.15, -0.1) is 0 Å². The number of fused-ring (bicyclic) bond motifs is 2. The molecular weight excluding hydrogens is 296 g/mol. The summed E-state index contributed by atoms with van der Waals surface area (Å²) in [5, 5.41) is 0. The lowest BCUT2D eigenvalue weighted by Gasteiger charge is -2.21. The Bertz CT molecular complexity index is 995. The number of hydrogen-bond acceptors (Lipinski definition) is 2. The lowest BCUT2D eigenvalue weighted by Crippen LogP contribution is -2.22. The summed E-state index contributed by atoms with van der Waals surface area (Å²) in [5.41, 5.74) is 5.84. The van der Waals surface area contributed by atoms with Gasteiger partial charge in [-0.3, -0.25) is 9.59 Å². The normalized spacial score (nSPS) is 12.8. The van der Waals surface area contributed by atoms with Crippen LogP contribution in [-0.2, 0) is 0 Å². The standard InChI is InChI=1S/C22H16O2/c1-13-9-11-15(12-10-13)16-6-4-8-18-20(16)22(24)17-7-3-5-14(2)19(17)21(18)23/h3-12H,1-2H3. The maximum atomic E-state index is 13.1. The molecule has 0 radical (unpaired) electrons. The minimum Gasteiger partial charge on any atom is -0.289 e. The first kappa shape index (κ1) is 14.6. The number of carbonyl (C=O) groups excluding carboxylic acids is 2. The van der Waals surface area contributed by atoms with Gasteiger partial charge in [0.25, 0.3) is 0 Å². The topological polar surface area (TPSA) is 34.1 Å². The van der Waals surface area contributed by atoms with Crippen LogP contribution in [-0.4, -0.2) is 11.6 Å². The van der Waals surface area contributed by atoms with E-state index in [0.717, 1.165) is 22.3 Å². The number of ketones is 2. The van der Waals surface area contributed by atoms with Crippen molar-refractivity contribution in [3.8, 4) is 11.1 Å². The number of benzene rings is 3. The Balaban J connectivity index is 2.00. The van der Waals surface area contributed by atoms with Crippen LogP contribution in [0.25, 0.3) is 11.1 Å². The van der Waals surface area contributed by atoms with Crippen molar-refractivity contribution in [2.24, 2.45) is 0 Å². The van der Waals surface area contributed by atoms with Crippen LogP contribution in [0.3, 0.4) is 0 Å². The Hall–Kier alpha value is -3.00. The molecule has 2 nitrogen and oxygen atoms in total. The van der Waals surface area contributed by atoms with Crippen LogP contribution < -0.4 is 0 Å². The highest BCUT2D eigenvalue weighted by molar-refractivity contribution is 6.30. The molecule has 24 heavy (non-hydrogen) atoms. The number of hydrogen-bond donors (Lipinski definition) is 0. The molecule has 0 atom stereocenters. The molecule has 3 aromatic rings. The van der Waals surface area contributed by atoms with Gasteiger partial charge in [-0.2, -0.15) is 0 Å². The first-order valence-electron chi connectivity index (χ1n) is 7.97. The number of aryl methyl sites for hydroxylation is 2. The van der Waals surface area contributed by atoms with Crippen molar-refractivity contribution in [1.82, 2.24) is 0 Å². The second kappa shape index (κ2) is 5.27. The molecule has 3 aromatic carbocycles. The van der Waals surface area contributed by atoms with Crippen molar-refractivity contribution in [1.29, 1.82) is 0 Å². The SMILES string of the molecule is Cc1ccc(-c2cccc3c2C(=O)c2cccc(C)c2C3=O)cc1. The van der Waals surface area contributed by atoms with Crippen LogP contribution in [0, 0.1) is 13.8 Å². The molecule has 0 heterocycles. The van der Waals surface area contributed by atoms with Crippen LogP contribution in [0.2, 0.25) is 0 Å². The molecule has 0 amide bonds. The number of carbonyl (C=O) groups is 2. The van der Waals surface area contributed by atoms with Crippen LogP contribution in [0.5, 0.6) is 0 Å². The van der Waals surface area contributed by atoms with Crippen molar-refractivity contribution in [2.45, 2.75) is 13.8 Å². The molecule has 0 unspecified atom stereocenters. The zero-order chi connectivity index (χ0) is 16.8. The van der Waals surface area contributed by atoms with Crippen molar-refractivity contribution in [3.05, 3.63) is 94.0 Å². The molecule has 0 N–H and O–H groups in total. The van der Waals surface area contributed by atoms with Gasteiger partial charge in [-0.25, -0.2) is 0 Å². The quantitative estimate of drug-likeness (QED) is 0.508. The Morgan fingerprint density at radius 2 is 1.12 bits per heavy atom. The maximum Gasteiger partial charge on any atom is 0.195 e. The van der Waals surface area contributed by atoms with Crippen LogP contribution in [0.1, 0.15) is 43.0 Å². The van der Waals surface area contributed by atoms with Gasteiger partial charge in [0.15, 0.2) is 11.6 Å². The van der Waals surface area contributed by atoms with Gasteiger partial charge < -0.3 is 0 Å². The summed E-state index contributed by atoms with van der Waals surface area (Å²) in [6.07, 6.45) is 0. The minimum atomic E-state index is -0.0699. The van der Waals surface area contributed by atoms with E-state index in [4.69, 9.17) is 0 Å². The van der Waals surface area contributed by atoms with Gasteiger partial charge in [0.1, 0.15) is 0 Å². The fourth-order valence-corrected chi connectivity index (χ4v) is 3.39. The van der Waals surface area contributed by atoms with Gasteiger partial charge >= 0.3 is 0 Å². The van der Waals surface area contributed by atoms with Crippen molar-refractivity contribution < 1.29 is 9.59 Å². The highest BCUT2D eigenvalue weighted by Crippen LogP contribution is 2.35. The van der Waals surface area contributed by atoms with E-state index < -0.39 is 0 Å². The van der Waals surface area contributed by atoms with Gasteiger partial charge in [-0.05, 0) is 30.5 Å². The van der Waals surface area contributed by atoms with Gasteiger partial charge in [0.05, 0.1) is 0 Å². The van der Waals surface area contributed by atoms with Crippen molar-refractivity contribution in [3.63, 3.8) is 0 Å². The lowest BCUT2D eigenvalue weighted by atomic mass is 9.79. The second-order valence-corrected chi connectivity index (χ2v) is 6.25. The van der Waals surface area contributed by atoms with E-state index in [0.29, 0.717) is 22.3 Å². The van der Waals surface area contributed by atoms with Gasteiger partial charge in [-0.1, -0.05) is 66.2 Å². The molecule has 0 saturated carbocycles. The third-order valence-corrected chi connectivity index (χ3v) is 4.64. The summed E-state index contributed by atoms with van der Waals surface area (Å²) < 4.78 is 0. The van der Waals surface area contributed by atoms with E-state index in [1.807, 2.05) is 62.4 Å². The smallest absolute Gasteiger partial charge is 0.195 e. The maximum absolute atomic E-state index is 13.1. The number of rotatable bonds is 1. The molecule has 116 valence electrons. The highest BCUT2D eigenvalue weighted by Gasteiger charge is 2.32. The molecule has 0 fully saturated rings. The Morgan fingerprint density at radius 3 is 1.83 bits per heavy atom. The van der Waals surface area contributed by atoms with Gasteiger partial charge in [0.2, 0.25) is 0 Å². The van der Waals surface area contributed by atoms with Crippen LogP contribution >= 0.6 is 0 Å². The highest BCUT2D eigenvalue weighted by atomic mass is 16.1. The van der Waals surface area contributed by atoms with E-state index in [9.17, 15) is 9.59 Å². The van der Waals surface area contributed by atoms with Crippen molar-refractivity contribution in [2.75, 3.05) is 0 Å². The Morgan fingerprint density at radius 1 is 0.583 bits per heavy atom. The molecular formula is C22H16O2. The van der Waals surface area contributed by atoms with Crippen molar-refractivity contribution >= 4 is 11.6 Å². The summed E-state index contributed by atoms with van der Waals surface area (Å²) >= 11 is 0. The first-order valence-corrected chi connectivity index (χ1v) is 7.97. The first-order chi connectivity index (χ1) is 11.6. The molecule has 4 rings (SSSR count). The van der Waals surface area contributed by atoms with E-state index in [1.54, 1.807) is 12.1 Å². The monoisotopic (exact) mass is 312 g/mol. The zero-order valence-corrected chi connectivity index (χ0v) is 13.6. The molecule has 0 aliphatic heterocycles. The molecule has 1 aliphatic rings. The predicted molar refractivity (Wildman–Crippen MR) is 94.7 cm³/mol. The van der Waals surface area contributed by atoms with E-state index in [-0.39, 0.29) is 11.6 Å². The summed E-state index contributed by atoms with van der Waals surface area (Å²) in [6.45, 7) is 3.90. The third kappa shape index (κ3) is 2.04. The van der Waals surface area contributed by atoms with Crippen LogP contribution in [0.15, 0.2) is 60.7 Å². The summed E-state index contributed by atoms with van der Waals surface area (Å²) in [4.78, 5) is 26.1. The average molecular weight is 312 g/mol. The summed E-state index contributed by atoms with van der Waals surface area (Å²) in [5.74, 6) is -0.133. The summed E-state index contributed by atoms with van der Waals surface area (Å²) in [6, 6.07) is 19.0.